The molecule has 7 heteroatoms. The highest BCUT2D eigenvalue weighted by Gasteiger charge is 2.18. The van der Waals surface area contributed by atoms with E-state index in [9.17, 15) is 14.4 Å². The zero-order valence-electron chi connectivity index (χ0n) is 11.7. The smallest absolute Gasteiger partial charge is 0.326 e. The standard InChI is InChI=1S/C12H23N3O4/c1-4-5-6-9(11(17)18)14-12(19)13-8-7-10(16)15(2)3/h9H,4-8H2,1-3H3,(H,17,18)(H2,13,14,19)/t9-/m0/s1. The Morgan fingerprint density at radius 2 is 1.89 bits per heavy atom. The van der Waals surface area contributed by atoms with Crippen LogP contribution in [0.3, 0.4) is 0 Å². The van der Waals surface area contributed by atoms with Gasteiger partial charge in [-0.25, -0.2) is 9.59 Å². The number of nitrogens with one attached hydrogen (secondary N) is 2. The molecule has 0 spiro atoms. The van der Waals surface area contributed by atoms with Crippen LogP contribution in [0, 0.1) is 0 Å². The molecule has 0 unspecified atom stereocenters. The molecule has 0 aliphatic rings. The van der Waals surface area contributed by atoms with Crippen LogP contribution >= 0.6 is 0 Å². The Bertz CT molecular complexity index is 318. The van der Waals surface area contributed by atoms with Crippen molar-refractivity contribution in [1.29, 1.82) is 0 Å². The van der Waals surface area contributed by atoms with Gasteiger partial charge in [-0.15, -0.1) is 0 Å². The molecule has 0 bridgehead atoms. The van der Waals surface area contributed by atoms with Gasteiger partial charge in [-0.05, 0) is 6.42 Å². The summed E-state index contributed by atoms with van der Waals surface area (Å²) in [6.45, 7) is 2.13. The molecule has 0 radical (unpaired) electrons. The van der Waals surface area contributed by atoms with Crippen LogP contribution in [-0.2, 0) is 9.59 Å². The summed E-state index contributed by atoms with van der Waals surface area (Å²) in [6, 6.07) is -1.44. The second-order valence-electron chi connectivity index (χ2n) is 4.47. The number of carbonyl (C=O) groups is 3. The van der Waals surface area contributed by atoms with Crippen LogP contribution in [-0.4, -0.2) is 54.6 Å². The van der Waals surface area contributed by atoms with Crippen molar-refractivity contribution < 1.29 is 19.5 Å². The first kappa shape index (κ1) is 17.2. The summed E-state index contributed by atoms with van der Waals surface area (Å²) in [6.07, 6.45) is 2.18. The minimum Gasteiger partial charge on any atom is -0.480 e. The average Bonchev–Trinajstić information content (AvgIpc) is 2.33. The molecule has 0 aromatic heterocycles. The number of rotatable bonds is 8. The van der Waals surface area contributed by atoms with E-state index in [2.05, 4.69) is 10.6 Å². The van der Waals surface area contributed by atoms with E-state index < -0.39 is 18.0 Å². The number of hydrogen-bond donors (Lipinski definition) is 3. The Morgan fingerprint density at radius 3 is 2.37 bits per heavy atom. The number of unbranched alkanes of at least 4 members (excludes halogenated alkanes) is 1. The highest BCUT2D eigenvalue weighted by molar-refractivity contribution is 5.83. The summed E-state index contributed by atoms with van der Waals surface area (Å²) < 4.78 is 0. The van der Waals surface area contributed by atoms with Crippen molar-refractivity contribution >= 4 is 17.9 Å². The van der Waals surface area contributed by atoms with Gasteiger partial charge in [0.1, 0.15) is 6.04 Å². The normalized spacial score (nSPS) is 11.5. The Balaban J connectivity index is 3.99. The summed E-state index contributed by atoms with van der Waals surface area (Å²) in [5.41, 5.74) is 0. The number of nitrogens with zero attached hydrogens (tertiary/aromatic N) is 1. The van der Waals surface area contributed by atoms with E-state index in [-0.39, 0.29) is 18.9 Å². The van der Waals surface area contributed by atoms with Gasteiger partial charge in [-0.1, -0.05) is 19.8 Å². The molecule has 0 fully saturated rings. The van der Waals surface area contributed by atoms with Crippen molar-refractivity contribution in [3.05, 3.63) is 0 Å². The third-order valence-corrected chi connectivity index (χ3v) is 2.57. The largest absolute Gasteiger partial charge is 0.480 e. The minimum atomic E-state index is -1.05. The van der Waals surface area contributed by atoms with E-state index in [0.717, 1.165) is 12.8 Å². The minimum absolute atomic E-state index is 0.0962. The van der Waals surface area contributed by atoms with Crippen LogP contribution in [0.2, 0.25) is 0 Å². The average molecular weight is 273 g/mol. The predicted octanol–water partition coefficient (Wildman–Crippen LogP) is 0.407. The molecule has 7 nitrogen and oxygen atoms in total. The van der Waals surface area contributed by atoms with Crippen molar-refractivity contribution in [2.45, 2.75) is 38.6 Å². The molecule has 0 aliphatic carbocycles. The fourth-order valence-corrected chi connectivity index (χ4v) is 1.38. The van der Waals surface area contributed by atoms with Crippen molar-refractivity contribution in [2.75, 3.05) is 20.6 Å². The molecule has 0 saturated heterocycles. The molecule has 0 aromatic rings. The molecule has 3 amide bonds. The van der Waals surface area contributed by atoms with Gasteiger partial charge in [-0.2, -0.15) is 0 Å². The second kappa shape index (κ2) is 9.18. The number of carboxylic acids is 1. The van der Waals surface area contributed by atoms with E-state index in [1.54, 1.807) is 14.1 Å². The lowest BCUT2D eigenvalue weighted by Gasteiger charge is -2.15. The van der Waals surface area contributed by atoms with Crippen molar-refractivity contribution in [1.82, 2.24) is 15.5 Å². The van der Waals surface area contributed by atoms with Gasteiger partial charge < -0.3 is 20.6 Å². The Labute approximate surface area is 113 Å². The Hall–Kier alpha value is -1.79. The number of carbonyl (C=O) groups excluding carboxylic acids is 2. The summed E-state index contributed by atoms with van der Waals surface area (Å²) in [5, 5.41) is 13.8. The van der Waals surface area contributed by atoms with Crippen LogP contribution in [0.5, 0.6) is 0 Å². The van der Waals surface area contributed by atoms with Crippen molar-refractivity contribution in [3.63, 3.8) is 0 Å². The van der Waals surface area contributed by atoms with E-state index in [1.165, 1.54) is 4.90 Å². The maximum atomic E-state index is 11.5. The first-order valence-corrected chi connectivity index (χ1v) is 6.35. The first-order chi connectivity index (χ1) is 8.88. The molecule has 0 heterocycles. The van der Waals surface area contributed by atoms with Gasteiger partial charge in [0.15, 0.2) is 0 Å². The SMILES string of the molecule is CCCC[C@H](NC(=O)NCCC(=O)N(C)C)C(=O)O. The van der Waals surface area contributed by atoms with Crippen LogP contribution < -0.4 is 10.6 Å². The fourth-order valence-electron chi connectivity index (χ4n) is 1.38. The van der Waals surface area contributed by atoms with E-state index in [0.29, 0.717) is 6.42 Å². The molecular formula is C12H23N3O4. The van der Waals surface area contributed by atoms with Crippen molar-refractivity contribution in [2.24, 2.45) is 0 Å². The number of urea groups is 1. The molecule has 0 aliphatic heterocycles. The van der Waals surface area contributed by atoms with Crippen LogP contribution in [0.1, 0.15) is 32.6 Å². The third-order valence-electron chi connectivity index (χ3n) is 2.57. The molecule has 0 aromatic carbocycles. The monoisotopic (exact) mass is 273 g/mol. The van der Waals surface area contributed by atoms with Gasteiger partial charge in [0.2, 0.25) is 5.91 Å². The highest BCUT2D eigenvalue weighted by Crippen LogP contribution is 2.00. The van der Waals surface area contributed by atoms with Gasteiger partial charge in [-0.3, -0.25) is 4.79 Å². The Morgan fingerprint density at radius 1 is 1.26 bits per heavy atom. The first-order valence-electron chi connectivity index (χ1n) is 6.35. The van der Waals surface area contributed by atoms with E-state index in [4.69, 9.17) is 5.11 Å². The third kappa shape index (κ3) is 8.01. The molecule has 3 N–H and O–H groups in total. The second-order valence-corrected chi connectivity index (χ2v) is 4.47. The molecule has 0 saturated carbocycles. The lowest BCUT2D eigenvalue weighted by atomic mass is 10.1. The van der Waals surface area contributed by atoms with E-state index in [1.807, 2.05) is 6.92 Å². The maximum Gasteiger partial charge on any atom is 0.326 e. The highest BCUT2D eigenvalue weighted by atomic mass is 16.4. The molecule has 1 atom stereocenters. The maximum absolute atomic E-state index is 11.5. The van der Waals surface area contributed by atoms with Crippen LogP contribution in [0.4, 0.5) is 4.79 Å². The summed E-state index contributed by atoms with van der Waals surface area (Å²) in [7, 11) is 3.27. The summed E-state index contributed by atoms with van der Waals surface area (Å²) in [4.78, 5) is 35.1. The molecule has 110 valence electrons. The van der Waals surface area contributed by atoms with Gasteiger partial charge in [0.25, 0.3) is 0 Å². The summed E-state index contributed by atoms with van der Waals surface area (Å²) in [5.74, 6) is -1.14. The predicted molar refractivity (Wildman–Crippen MR) is 70.8 cm³/mol. The number of amides is 3. The fraction of sp³-hybridized carbons (Fsp3) is 0.750. The molecule has 19 heavy (non-hydrogen) atoms. The topological polar surface area (TPSA) is 98.7 Å². The Kier molecular flexibility index (Phi) is 8.32. The lowest BCUT2D eigenvalue weighted by Crippen LogP contribution is -2.46. The molecule has 0 rings (SSSR count). The van der Waals surface area contributed by atoms with Gasteiger partial charge >= 0.3 is 12.0 Å². The van der Waals surface area contributed by atoms with Crippen LogP contribution in [0.15, 0.2) is 0 Å². The van der Waals surface area contributed by atoms with Gasteiger partial charge in [0.05, 0.1) is 0 Å². The lowest BCUT2D eigenvalue weighted by molar-refractivity contribution is -0.139. The quantitative estimate of drug-likeness (QED) is 0.596. The zero-order valence-corrected chi connectivity index (χ0v) is 11.7. The van der Waals surface area contributed by atoms with Gasteiger partial charge in [0, 0.05) is 27.1 Å². The number of carboxylic acid groups (broad SMARTS) is 1. The molecular weight excluding hydrogens is 250 g/mol. The number of aliphatic carboxylic acids is 1. The van der Waals surface area contributed by atoms with Crippen molar-refractivity contribution in [3.8, 4) is 0 Å². The van der Waals surface area contributed by atoms with E-state index >= 15 is 0 Å². The number of hydrogen-bond acceptors (Lipinski definition) is 3. The zero-order chi connectivity index (χ0) is 14.8. The summed E-state index contributed by atoms with van der Waals surface area (Å²) >= 11 is 0. The van der Waals surface area contributed by atoms with Crippen LogP contribution in [0.25, 0.3) is 0 Å².